The number of aromatic nitrogens is 2. The summed E-state index contributed by atoms with van der Waals surface area (Å²) in [5, 5.41) is 4.36. The van der Waals surface area contributed by atoms with E-state index in [2.05, 4.69) is 39.2 Å². The van der Waals surface area contributed by atoms with Gasteiger partial charge in [0.2, 0.25) is 0 Å². The Morgan fingerprint density at radius 3 is 2.75 bits per heavy atom. The fourth-order valence-corrected chi connectivity index (χ4v) is 2.12. The van der Waals surface area contributed by atoms with Gasteiger partial charge < -0.3 is 5.73 Å². The third-order valence-electron chi connectivity index (χ3n) is 2.46. The van der Waals surface area contributed by atoms with E-state index in [1.54, 1.807) is 0 Å². The highest BCUT2D eigenvalue weighted by molar-refractivity contribution is 9.10. The minimum atomic E-state index is 0.569. The lowest BCUT2D eigenvalue weighted by molar-refractivity contribution is 0.677. The van der Waals surface area contributed by atoms with Crippen molar-refractivity contribution in [3.05, 3.63) is 51.8 Å². The molecule has 0 aliphatic heterocycles. The van der Waals surface area contributed by atoms with Crippen LogP contribution in [0, 0.1) is 6.92 Å². The van der Waals surface area contributed by atoms with Crippen LogP contribution in [0.3, 0.4) is 0 Å². The number of benzene rings is 1. The summed E-state index contributed by atoms with van der Waals surface area (Å²) >= 11 is 3.56. The van der Waals surface area contributed by atoms with Gasteiger partial charge >= 0.3 is 0 Å². The van der Waals surface area contributed by atoms with Crippen molar-refractivity contribution in [1.82, 2.24) is 9.78 Å². The van der Waals surface area contributed by atoms with Gasteiger partial charge in [-0.05, 0) is 30.2 Å². The molecule has 0 amide bonds. The normalized spacial score (nSPS) is 10.7. The topological polar surface area (TPSA) is 43.8 Å². The first-order valence-corrected chi connectivity index (χ1v) is 5.96. The molecule has 1 heterocycles. The third-order valence-corrected chi connectivity index (χ3v) is 3.20. The van der Waals surface area contributed by atoms with Crippen LogP contribution in [0.4, 0.5) is 0 Å². The largest absolute Gasteiger partial charge is 0.326 e. The van der Waals surface area contributed by atoms with Gasteiger partial charge in [-0.2, -0.15) is 5.10 Å². The van der Waals surface area contributed by atoms with Crippen molar-refractivity contribution in [2.24, 2.45) is 5.73 Å². The predicted molar refractivity (Wildman–Crippen MR) is 68.1 cm³/mol. The average Bonchev–Trinajstić information content (AvgIpc) is 2.67. The summed E-state index contributed by atoms with van der Waals surface area (Å²) in [5.74, 6) is 0. The van der Waals surface area contributed by atoms with Gasteiger partial charge in [-0.15, -0.1) is 0 Å². The molecule has 2 rings (SSSR count). The van der Waals surface area contributed by atoms with Crippen molar-refractivity contribution in [2.45, 2.75) is 20.0 Å². The summed E-state index contributed by atoms with van der Waals surface area (Å²) in [4.78, 5) is 0. The van der Waals surface area contributed by atoms with Crippen LogP contribution in [0.1, 0.15) is 16.8 Å². The van der Waals surface area contributed by atoms with Gasteiger partial charge in [0.1, 0.15) is 0 Å². The molecule has 0 aliphatic rings. The van der Waals surface area contributed by atoms with Gasteiger partial charge in [0.05, 0.1) is 12.2 Å². The lowest BCUT2D eigenvalue weighted by atomic mass is 10.1. The van der Waals surface area contributed by atoms with E-state index in [1.807, 2.05) is 23.9 Å². The van der Waals surface area contributed by atoms with Crippen LogP contribution < -0.4 is 5.73 Å². The molecule has 2 N–H and O–H groups in total. The first kappa shape index (κ1) is 11.4. The summed E-state index contributed by atoms with van der Waals surface area (Å²) in [6.07, 6.45) is 1.98. The maximum absolute atomic E-state index is 5.59. The second kappa shape index (κ2) is 4.80. The van der Waals surface area contributed by atoms with Gasteiger partial charge in [-0.1, -0.05) is 28.1 Å². The van der Waals surface area contributed by atoms with Crippen LogP contribution in [0.2, 0.25) is 0 Å². The molecule has 4 heteroatoms. The van der Waals surface area contributed by atoms with Crippen LogP contribution >= 0.6 is 15.9 Å². The van der Waals surface area contributed by atoms with Gasteiger partial charge in [-0.3, -0.25) is 4.68 Å². The number of nitrogens with zero attached hydrogens (tertiary/aromatic N) is 2. The smallest absolute Gasteiger partial charge is 0.0670 e. The van der Waals surface area contributed by atoms with Crippen molar-refractivity contribution >= 4 is 15.9 Å². The molecule has 0 atom stereocenters. The number of hydrogen-bond donors (Lipinski definition) is 1. The lowest BCUT2D eigenvalue weighted by Crippen LogP contribution is -2.03. The van der Waals surface area contributed by atoms with E-state index in [-0.39, 0.29) is 0 Å². The Morgan fingerprint density at radius 2 is 2.19 bits per heavy atom. The summed E-state index contributed by atoms with van der Waals surface area (Å²) in [7, 11) is 0. The zero-order valence-electron chi connectivity index (χ0n) is 9.15. The van der Waals surface area contributed by atoms with E-state index in [0.29, 0.717) is 6.54 Å². The van der Waals surface area contributed by atoms with E-state index >= 15 is 0 Å². The van der Waals surface area contributed by atoms with Crippen LogP contribution in [0.25, 0.3) is 0 Å². The zero-order valence-corrected chi connectivity index (χ0v) is 10.7. The monoisotopic (exact) mass is 279 g/mol. The first-order valence-electron chi connectivity index (χ1n) is 5.16. The Labute approximate surface area is 103 Å². The molecule has 16 heavy (non-hydrogen) atoms. The van der Waals surface area contributed by atoms with E-state index in [1.165, 1.54) is 5.56 Å². The quantitative estimate of drug-likeness (QED) is 0.938. The molecule has 0 radical (unpaired) electrons. The maximum Gasteiger partial charge on any atom is 0.0670 e. The highest BCUT2D eigenvalue weighted by atomic mass is 79.9. The lowest BCUT2D eigenvalue weighted by Gasteiger charge is -2.06. The molecule has 0 saturated carbocycles. The molecular formula is C12H14BrN3. The van der Waals surface area contributed by atoms with E-state index in [0.717, 1.165) is 22.3 Å². The molecule has 0 saturated heterocycles. The summed E-state index contributed by atoms with van der Waals surface area (Å²) < 4.78 is 3.01. The Kier molecular flexibility index (Phi) is 3.41. The van der Waals surface area contributed by atoms with Crippen LogP contribution in [0.5, 0.6) is 0 Å². The highest BCUT2D eigenvalue weighted by Crippen LogP contribution is 2.19. The number of hydrogen-bond acceptors (Lipinski definition) is 2. The Morgan fingerprint density at radius 1 is 1.38 bits per heavy atom. The summed E-state index contributed by atoms with van der Waals surface area (Å²) in [5.41, 5.74) is 8.96. The van der Waals surface area contributed by atoms with Crippen molar-refractivity contribution in [2.75, 3.05) is 0 Å². The molecule has 1 aromatic heterocycles. The molecule has 84 valence electrons. The zero-order chi connectivity index (χ0) is 11.5. The average molecular weight is 280 g/mol. The van der Waals surface area contributed by atoms with Gasteiger partial charge in [0.15, 0.2) is 0 Å². The van der Waals surface area contributed by atoms with Crippen LogP contribution in [0.15, 0.2) is 34.9 Å². The second-order valence-corrected chi connectivity index (χ2v) is 4.64. The standard InChI is InChI=1S/C12H14BrN3/c1-9-4-5-16(15-9)8-11-3-2-10(7-14)6-12(11)13/h2-6H,7-8,14H2,1H3. The molecular weight excluding hydrogens is 266 g/mol. The number of aryl methyl sites for hydroxylation is 1. The van der Waals surface area contributed by atoms with Gasteiger partial charge in [-0.25, -0.2) is 0 Å². The number of nitrogens with two attached hydrogens (primary N) is 1. The summed E-state index contributed by atoms with van der Waals surface area (Å²) in [6.45, 7) is 3.34. The SMILES string of the molecule is Cc1ccn(Cc2ccc(CN)cc2Br)n1. The minimum absolute atomic E-state index is 0.569. The van der Waals surface area contributed by atoms with E-state index in [4.69, 9.17) is 5.73 Å². The van der Waals surface area contributed by atoms with Crippen LogP contribution in [-0.4, -0.2) is 9.78 Å². The number of rotatable bonds is 3. The molecule has 0 fully saturated rings. The van der Waals surface area contributed by atoms with E-state index in [9.17, 15) is 0 Å². The third kappa shape index (κ3) is 2.51. The van der Waals surface area contributed by atoms with Crippen molar-refractivity contribution in [3.8, 4) is 0 Å². The second-order valence-electron chi connectivity index (χ2n) is 3.78. The fourth-order valence-electron chi connectivity index (χ4n) is 1.57. The van der Waals surface area contributed by atoms with E-state index < -0.39 is 0 Å². The van der Waals surface area contributed by atoms with Crippen LogP contribution in [-0.2, 0) is 13.1 Å². The minimum Gasteiger partial charge on any atom is -0.326 e. The van der Waals surface area contributed by atoms with Gasteiger partial charge in [0.25, 0.3) is 0 Å². The fraction of sp³-hybridized carbons (Fsp3) is 0.250. The van der Waals surface area contributed by atoms with Gasteiger partial charge in [0, 0.05) is 17.2 Å². The van der Waals surface area contributed by atoms with Crippen molar-refractivity contribution in [1.29, 1.82) is 0 Å². The van der Waals surface area contributed by atoms with Crippen molar-refractivity contribution < 1.29 is 0 Å². The Hall–Kier alpha value is -1.13. The highest BCUT2D eigenvalue weighted by Gasteiger charge is 2.02. The Balaban J connectivity index is 2.21. The Bertz CT molecular complexity index is 491. The van der Waals surface area contributed by atoms with Crippen molar-refractivity contribution in [3.63, 3.8) is 0 Å². The number of halogens is 1. The molecule has 2 aromatic rings. The molecule has 0 bridgehead atoms. The predicted octanol–water partition coefficient (Wildman–Crippen LogP) is 2.46. The molecule has 0 spiro atoms. The molecule has 1 aromatic carbocycles. The molecule has 3 nitrogen and oxygen atoms in total. The molecule has 0 unspecified atom stereocenters. The summed E-state index contributed by atoms with van der Waals surface area (Å²) in [6, 6.07) is 8.20. The maximum atomic E-state index is 5.59. The molecule has 0 aliphatic carbocycles. The first-order chi connectivity index (χ1) is 7.69.